The number of anilines is 1. The summed E-state index contributed by atoms with van der Waals surface area (Å²) in [6.07, 6.45) is 0.484. The van der Waals surface area contributed by atoms with Crippen LogP contribution < -0.4 is 4.90 Å². The van der Waals surface area contributed by atoms with E-state index in [0.717, 1.165) is 18.9 Å². The quantitative estimate of drug-likeness (QED) is 0.791. The summed E-state index contributed by atoms with van der Waals surface area (Å²) in [6.45, 7) is 7.38. The molecule has 1 amide bonds. The summed E-state index contributed by atoms with van der Waals surface area (Å²) in [7, 11) is -1.39. The highest BCUT2D eigenvalue weighted by atomic mass is 32.2. The Hall–Kier alpha value is -1.70. The first kappa shape index (κ1) is 17.7. The van der Waals surface area contributed by atoms with Crippen molar-refractivity contribution in [2.24, 2.45) is 0 Å². The van der Waals surface area contributed by atoms with Crippen molar-refractivity contribution >= 4 is 21.6 Å². The number of hydrogen-bond acceptors (Lipinski definition) is 6. The monoisotopic (exact) mass is 340 g/mol. The zero-order valence-corrected chi connectivity index (χ0v) is 14.9. The standard InChI is InChI=1S/C15H24N4O3S/c1-5-19(6-2)14-9-13(16-11(3)17-14)15(20)18(4)12-7-8-23(21,22)10-12/h9,12H,5-8,10H2,1-4H3. The number of carbonyl (C=O) groups excluding carboxylic acids is 1. The van der Waals surface area contributed by atoms with E-state index in [1.807, 2.05) is 18.7 Å². The van der Waals surface area contributed by atoms with Gasteiger partial charge in [-0.15, -0.1) is 0 Å². The molecular weight excluding hydrogens is 316 g/mol. The molecule has 1 aromatic heterocycles. The lowest BCUT2D eigenvalue weighted by Crippen LogP contribution is -2.38. The summed E-state index contributed by atoms with van der Waals surface area (Å²) < 4.78 is 23.2. The Kier molecular flexibility index (Phi) is 5.23. The van der Waals surface area contributed by atoms with Crippen molar-refractivity contribution in [2.45, 2.75) is 33.2 Å². The Morgan fingerprint density at radius 1 is 1.30 bits per heavy atom. The molecule has 1 fully saturated rings. The van der Waals surface area contributed by atoms with Crippen LogP contribution in [0.5, 0.6) is 0 Å². The number of nitrogens with zero attached hydrogens (tertiary/aromatic N) is 4. The summed E-state index contributed by atoms with van der Waals surface area (Å²) in [6, 6.07) is 1.40. The minimum atomic E-state index is -3.03. The molecule has 8 heteroatoms. The normalized spacial score (nSPS) is 19.6. The van der Waals surface area contributed by atoms with E-state index in [9.17, 15) is 13.2 Å². The van der Waals surface area contributed by atoms with Crippen molar-refractivity contribution < 1.29 is 13.2 Å². The lowest BCUT2D eigenvalue weighted by Gasteiger charge is -2.24. The lowest BCUT2D eigenvalue weighted by molar-refractivity contribution is 0.0741. The smallest absolute Gasteiger partial charge is 0.272 e. The molecule has 0 bridgehead atoms. The van der Waals surface area contributed by atoms with Gasteiger partial charge in [-0.3, -0.25) is 4.79 Å². The SMILES string of the molecule is CCN(CC)c1cc(C(=O)N(C)C2CCS(=O)(=O)C2)nc(C)n1. The number of amides is 1. The minimum Gasteiger partial charge on any atom is -0.357 e. The fourth-order valence-electron chi connectivity index (χ4n) is 2.80. The molecule has 1 aromatic rings. The third-order valence-corrected chi connectivity index (χ3v) is 5.96. The minimum absolute atomic E-state index is 0.0300. The number of rotatable bonds is 5. The third-order valence-electron chi connectivity index (χ3n) is 4.21. The van der Waals surface area contributed by atoms with Crippen molar-refractivity contribution in [3.8, 4) is 0 Å². The number of hydrogen-bond donors (Lipinski definition) is 0. The van der Waals surface area contributed by atoms with Crippen LogP contribution in [-0.4, -0.2) is 66.9 Å². The van der Waals surface area contributed by atoms with Crippen LogP contribution in [0.25, 0.3) is 0 Å². The summed E-state index contributed by atoms with van der Waals surface area (Å²) >= 11 is 0. The van der Waals surface area contributed by atoms with Gasteiger partial charge in [0.2, 0.25) is 0 Å². The van der Waals surface area contributed by atoms with Gasteiger partial charge in [-0.2, -0.15) is 0 Å². The second-order valence-corrected chi connectivity index (χ2v) is 8.03. The van der Waals surface area contributed by atoms with Crippen molar-refractivity contribution in [1.29, 1.82) is 0 Å². The molecule has 23 heavy (non-hydrogen) atoms. The molecular formula is C15H24N4O3S. The van der Waals surface area contributed by atoms with Gasteiger partial charge in [-0.1, -0.05) is 0 Å². The van der Waals surface area contributed by atoms with Gasteiger partial charge in [0, 0.05) is 32.2 Å². The number of carbonyl (C=O) groups is 1. The highest BCUT2D eigenvalue weighted by molar-refractivity contribution is 7.91. The maximum Gasteiger partial charge on any atom is 0.272 e. The predicted octanol–water partition coefficient (Wildman–Crippen LogP) is 0.890. The average Bonchev–Trinajstić information content (AvgIpc) is 2.86. The molecule has 0 saturated carbocycles. The summed E-state index contributed by atoms with van der Waals surface area (Å²) in [5.74, 6) is 1.17. The van der Waals surface area contributed by atoms with Gasteiger partial charge in [0.05, 0.1) is 11.5 Å². The van der Waals surface area contributed by atoms with E-state index in [0.29, 0.717) is 17.9 Å². The van der Waals surface area contributed by atoms with E-state index in [4.69, 9.17) is 0 Å². The highest BCUT2D eigenvalue weighted by Gasteiger charge is 2.33. The van der Waals surface area contributed by atoms with Crippen LogP contribution in [0.4, 0.5) is 5.82 Å². The molecule has 0 aromatic carbocycles. The van der Waals surface area contributed by atoms with Crippen molar-refractivity contribution in [2.75, 3.05) is 36.5 Å². The number of aromatic nitrogens is 2. The molecule has 2 rings (SSSR count). The van der Waals surface area contributed by atoms with E-state index in [1.165, 1.54) is 4.90 Å². The van der Waals surface area contributed by atoms with Crippen LogP contribution in [0.3, 0.4) is 0 Å². The summed E-state index contributed by atoms with van der Waals surface area (Å²) in [5.41, 5.74) is 0.311. The van der Waals surface area contributed by atoms with E-state index >= 15 is 0 Å². The van der Waals surface area contributed by atoms with Crippen molar-refractivity contribution in [3.05, 3.63) is 17.6 Å². The van der Waals surface area contributed by atoms with Crippen LogP contribution >= 0.6 is 0 Å². The first-order valence-electron chi connectivity index (χ1n) is 7.85. The molecule has 128 valence electrons. The van der Waals surface area contributed by atoms with Crippen LogP contribution in [0.15, 0.2) is 6.07 Å². The highest BCUT2D eigenvalue weighted by Crippen LogP contribution is 2.19. The summed E-state index contributed by atoms with van der Waals surface area (Å²) in [4.78, 5) is 24.8. The molecule has 2 heterocycles. The maximum absolute atomic E-state index is 12.7. The molecule has 0 aliphatic carbocycles. The Morgan fingerprint density at radius 3 is 2.48 bits per heavy atom. The Bertz CT molecular complexity index is 686. The Morgan fingerprint density at radius 2 is 1.96 bits per heavy atom. The molecule has 1 aliphatic rings. The topological polar surface area (TPSA) is 83.5 Å². The van der Waals surface area contributed by atoms with E-state index in [1.54, 1.807) is 20.0 Å². The summed E-state index contributed by atoms with van der Waals surface area (Å²) in [5, 5.41) is 0. The van der Waals surface area contributed by atoms with Gasteiger partial charge in [0.15, 0.2) is 9.84 Å². The zero-order chi connectivity index (χ0) is 17.2. The van der Waals surface area contributed by atoms with Crippen LogP contribution in [0.1, 0.15) is 36.6 Å². The molecule has 0 N–H and O–H groups in total. The predicted molar refractivity (Wildman–Crippen MR) is 89.5 cm³/mol. The average molecular weight is 340 g/mol. The van der Waals surface area contributed by atoms with Gasteiger partial charge in [0.25, 0.3) is 5.91 Å². The Labute approximate surface area is 137 Å². The van der Waals surface area contributed by atoms with Gasteiger partial charge in [-0.25, -0.2) is 18.4 Å². The van der Waals surface area contributed by atoms with Gasteiger partial charge < -0.3 is 9.80 Å². The fraction of sp³-hybridized carbons (Fsp3) is 0.667. The second-order valence-electron chi connectivity index (χ2n) is 5.80. The van der Waals surface area contributed by atoms with Crippen LogP contribution in [0.2, 0.25) is 0 Å². The molecule has 0 spiro atoms. The molecule has 0 radical (unpaired) electrons. The Balaban J connectivity index is 2.25. The number of aryl methyl sites for hydroxylation is 1. The molecule has 1 aliphatic heterocycles. The molecule has 1 unspecified atom stereocenters. The van der Waals surface area contributed by atoms with Gasteiger partial charge >= 0.3 is 0 Å². The zero-order valence-electron chi connectivity index (χ0n) is 14.1. The molecule has 1 saturated heterocycles. The van der Waals surface area contributed by atoms with Gasteiger partial charge in [-0.05, 0) is 27.2 Å². The largest absolute Gasteiger partial charge is 0.357 e. The molecule has 7 nitrogen and oxygen atoms in total. The fourth-order valence-corrected chi connectivity index (χ4v) is 4.57. The lowest BCUT2D eigenvalue weighted by atomic mass is 10.2. The van der Waals surface area contributed by atoms with E-state index in [-0.39, 0.29) is 23.5 Å². The van der Waals surface area contributed by atoms with Crippen LogP contribution in [0, 0.1) is 6.92 Å². The maximum atomic E-state index is 12.7. The van der Waals surface area contributed by atoms with Crippen LogP contribution in [-0.2, 0) is 9.84 Å². The van der Waals surface area contributed by atoms with E-state index in [2.05, 4.69) is 9.97 Å². The second kappa shape index (κ2) is 6.82. The van der Waals surface area contributed by atoms with Gasteiger partial charge in [0.1, 0.15) is 17.3 Å². The van der Waals surface area contributed by atoms with Crippen molar-refractivity contribution in [3.63, 3.8) is 0 Å². The number of sulfone groups is 1. The third kappa shape index (κ3) is 3.99. The first-order chi connectivity index (χ1) is 10.8. The van der Waals surface area contributed by atoms with E-state index < -0.39 is 9.84 Å². The molecule has 1 atom stereocenters. The van der Waals surface area contributed by atoms with Crippen molar-refractivity contribution in [1.82, 2.24) is 14.9 Å². The first-order valence-corrected chi connectivity index (χ1v) is 9.67.